The predicted molar refractivity (Wildman–Crippen MR) is 103 cm³/mol. The maximum Gasteiger partial charge on any atom is 0.408 e. The van der Waals surface area contributed by atoms with E-state index in [0.717, 1.165) is 18.0 Å². The van der Waals surface area contributed by atoms with Gasteiger partial charge < -0.3 is 19.7 Å². The largest absolute Gasteiger partial charge is 0.445 e. The van der Waals surface area contributed by atoms with Crippen LogP contribution in [0, 0.1) is 0 Å². The highest BCUT2D eigenvalue weighted by molar-refractivity contribution is 6.76. The Morgan fingerprint density at radius 3 is 2.69 bits per heavy atom. The number of piperidine rings is 1. The SMILES string of the molecule is C[Si](C)(C)CCOCN1CCCC(NC(=O)OCc2ccccc2)C1=O. The summed E-state index contributed by atoms with van der Waals surface area (Å²) < 4.78 is 10.9. The van der Waals surface area contributed by atoms with Crippen LogP contribution in [-0.2, 0) is 20.9 Å². The molecule has 6 nitrogen and oxygen atoms in total. The molecule has 1 aliphatic heterocycles. The molecule has 1 saturated heterocycles. The first kappa shape index (κ1) is 20.4. The van der Waals surface area contributed by atoms with Crippen molar-refractivity contribution in [1.29, 1.82) is 0 Å². The zero-order chi connectivity index (χ0) is 19.0. The number of carbonyl (C=O) groups excluding carboxylic acids is 2. The second-order valence-electron chi connectivity index (χ2n) is 7.85. The highest BCUT2D eigenvalue weighted by atomic mass is 28.3. The van der Waals surface area contributed by atoms with Gasteiger partial charge >= 0.3 is 6.09 Å². The molecule has 26 heavy (non-hydrogen) atoms. The molecule has 0 spiro atoms. The molecule has 0 bridgehead atoms. The summed E-state index contributed by atoms with van der Waals surface area (Å²) in [5, 5.41) is 2.68. The van der Waals surface area contributed by atoms with Crippen molar-refractivity contribution in [2.75, 3.05) is 19.9 Å². The first-order valence-corrected chi connectivity index (χ1v) is 12.9. The number of likely N-dealkylation sites (tertiary alicyclic amines) is 1. The van der Waals surface area contributed by atoms with Crippen LogP contribution < -0.4 is 5.32 Å². The molecule has 1 fully saturated rings. The standard InChI is InChI=1S/C19H30N2O4Si/c1-26(2,3)13-12-24-15-21-11-7-10-17(18(21)22)20-19(23)25-14-16-8-5-4-6-9-16/h4-6,8-9,17H,7,10-15H2,1-3H3,(H,20,23). The van der Waals surface area contributed by atoms with Gasteiger partial charge in [-0.25, -0.2) is 4.79 Å². The number of amides is 2. The summed E-state index contributed by atoms with van der Waals surface area (Å²) in [6.07, 6.45) is 0.908. The molecule has 1 aromatic carbocycles. The van der Waals surface area contributed by atoms with Gasteiger partial charge in [0.05, 0.1) is 0 Å². The second-order valence-corrected chi connectivity index (χ2v) is 13.5. The summed E-state index contributed by atoms with van der Waals surface area (Å²) >= 11 is 0. The third kappa shape index (κ3) is 7.17. The van der Waals surface area contributed by atoms with Gasteiger partial charge in [-0.05, 0) is 24.4 Å². The lowest BCUT2D eigenvalue weighted by atomic mass is 10.1. The Bertz CT molecular complexity index is 589. The van der Waals surface area contributed by atoms with E-state index in [0.29, 0.717) is 26.3 Å². The van der Waals surface area contributed by atoms with Crippen LogP contribution in [0.4, 0.5) is 4.79 Å². The van der Waals surface area contributed by atoms with Crippen molar-refractivity contribution in [2.45, 2.75) is 51.2 Å². The van der Waals surface area contributed by atoms with Gasteiger partial charge in [-0.15, -0.1) is 0 Å². The quantitative estimate of drug-likeness (QED) is 0.557. The van der Waals surface area contributed by atoms with Crippen molar-refractivity contribution in [3.63, 3.8) is 0 Å². The van der Waals surface area contributed by atoms with Gasteiger partial charge in [-0.2, -0.15) is 0 Å². The molecule has 1 heterocycles. The van der Waals surface area contributed by atoms with E-state index in [4.69, 9.17) is 9.47 Å². The summed E-state index contributed by atoms with van der Waals surface area (Å²) in [6.45, 7) is 8.72. The fourth-order valence-corrected chi connectivity index (χ4v) is 3.42. The molecule has 0 radical (unpaired) electrons. The maximum absolute atomic E-state index is 12.5. The molecule has 1 aliphatic rings. The molecule has 1 unspecified atom stereocenters. The van der Waals surface area contributed by atoms with Crippen molar-refractivity contribution < 1.29 is 19.1 Å². The topological polar surface area (TPSA) is 67.9 Å². The Kier molecular flexibility index (Phi) is 7.65. The van der Waals surface area contributed by atoms with Crippen LogP contribution in [0.25, 0.3) is 0 Å². The normalized spacial score (nSPS) is 17.9. The molecule has 7 heteroatoms. The number of nitrogens with one attached hydrogen (secondary N) is 1. The summed E-state index contributed by atoms with van der Waals surface area (Å²) in [6, 6.07) is 10.00. The summed E-state index contributed by atoms with van der Waals surface area (Å²) in [5.74, 6) is -0.0964. The van der Waals surface area contributed by atoms with Crippen LogP contribution >= 0.6 is 0 Å². The number of carbonyl (C=O) groups is 2. The highest BCUT2D eigenvalue weighted by Gasteiger charge is 2.30. The van der Waals surface area contributed by atoms with Crippen molar-refractivity contribution in [2.24, 2.45) is 0 Å². The van der Waals surface area contributed by atoms with Gasteiger partial charge in [-0.1, -0.05) is 50.0 Å². The Morgan fingerprint density at radius 1 is 1.27 bits per heavy atom. The first-order chi connectivity index (χ1) is 12.3. The minimum Gasteiger partial charge on any atom is -0.445 e. The van der Waals surface area contributed by atoms with Crippen molar-refractivity contribution in [3.05, 3.63) is 35.9 Å². The third-order valence-corrected chi connectivity index (χ3v) is 5.98. The Balaban J connectivity index is 1.73. The molecule has 1 atom stereocenters. The molecule has 2 amide bonds. The zero-order valence-electron chi connectivity index (χ0n) is 16.0. The highest BCUT2D eigenvalue weighted by Crippen LogP contribution is 2.13. The van der Waals surface area contributed by atoms with Gasteiger partial charge in [0.25, 0.3) is 0 Å². The lowest BCUT2D eigenvalue weighted by Crippen LogP contribution is -2.52. The number of hydrogen-bond acceptors (Lipinski definition) is 4. The van der Waals surface area contributed by atoms with Crippen LogP contribution in [0.5, 0.6) is 0 Å². The predicted octanol–water partition coefficient (Wildman–Crippen LogP) is 3.22. The van der Waals surface area contributed by atoms with E-state index < -0.39 is 20.2 Å². The van der Waals surface area contributed by atoms with E-state index in [1.54, 1.807) is 4.90 Å². The molecule has 1 aromatic rings. The fraction of sp³-hybridized carbons (Fsp3) is 0.579. The van der Waals surface area contributed by atoms with E-state index in [9.17, 15) is 9.59 Å². The molecule has 144 valence electrons. The Labute approximate surface area is 156 Å². The summed E-state index contributed by atoms with van der Waals surface area (Å²) in [4.78, 5) is 26.2. The van der Waals surface area contributed by atoms with E-state index in [-0.39, 0.29) is 12.5 Å². The average Bonchev–Trinajstić information content (AvgIpc) is 2.60. The van der Waals surface area contributed by atoms with E-state index >= 15 is 0 Å². The first-order valence-electron chi connectivity index (χ1n) is 9.19. The number of rotatable bonds is 8. The smallest absolute Gasteiger partial charge is 0.408 e. The fourth-order valence-electron chi connectivity index (χ4n) is 2.66. The van der Waals surface area contributed by atoms with Crippen LogP contribution in [0.1, 0.15) is 18.4 Å². The molecule has 1 N–H and O–H groups in total. The summed E-state index contributed by atoms with van der Waals surface area (Å²) in [7, 11) is -1.14. The Morgan fingerprint density at radius 2 is 2.00 bits per heavy atom. The molecule has 0 saturated carbocycles. The molecule has 2 rings (SSSR count). The van der Waals surface area contributed by atoms with Crippen LogP contribution in [0.15, 0.2) is 30.3 Å². The number of benzene rings is 1. The van der Waals surface area contributed by atoms with Gasteiger partial charge in [0, 0.05) is 21.2 Å². The molecular weight excluding hydrogens is 348 g/mol. The average molecular weight is 379 g/mol. The molecule has 0 aromatic heterocycles. The minimum atomic E-state index is -1.14. The van der Waals surface area contributed by atoms with Gasteiger partial charge in [-0.3, -0.25) is 4.79 Å². The van der Waals surface area contributed by atoms with E-state index in [1.807, 2.05) is 30.3 Å². The number of ether oxygens (including phenoxy) is 2. The molecule has 0 aliphatic carbocycles. The number of nitrogens with zero attached hydrogens (tertiary/aromatic N) is 1. The lowest BCUT2D eigenvalue weighted by molar-refractivity contribution is -0.141. The van der Waals surface area contributed by atoms with Crippen LogP contribution in [0.2, 0.25) is 25.7 Å². The van der Waals surface area contributed by atoms with Crippen molar-refractivity contribution in [3.8, 4) is 0 Å². The Hall–Kier alpha value is -1.86. The van der Waals surface area contributed by atoms with Crippen molar-refractivity contribution in [1.82, 2.24) is 10.2 Å². The van der Waals surface area contributed by atoms with Crippen LogP contribution in [-0.4, -0.2) is 50.9 Å². The van der Waals surface area contributed by atoms with Crippen LogP contribution in [0.3, 0.4) is 0 Å². The van der Waals surface area contributed by atoms with E-state index in [2.05, 4.69) is 25.0 Å². The minimum absolute atomic E-state index is 0.0964. The number of alkyl carbamates (subject to hydrolysis) is 1. The monoisotopic (exact) mass is 378 g/mol. The third-order valence-electron chi connectivity index (χ3n) is 4.28. The van der Waals surface area contributed by atoms with Crippen molar-refractivity contribution >= 4 is 20.1 Å². The molecular formula is C19H30N2O4Si. The van der Waals surface area contributed by atoms with Gasteiger partial charge in [0.15, 0.2) is 0 Å². The second kappa shape index (κ2) is 9.73. The summed E-state index contributed by atoms with van der Waals surface area (Å²) in [5.41, 5.74) is 0.912. The number of hydrogen-bond donors (Lipinski definition) is 1. The maximum atomic E-state index is 12.5. The zero-order valence-corrected chi connectivity index (χ0v) is 17.0. The lowest BCUT2D eigenvalue weighted by Gasteiger charge is -2.32. The van der Waals surface area contributed by atoms with Gasteiger partial charge in [0.2, 0.25) is 5.91 Å². The van der Waals surface area contributed by atoms with Gasteiger partial charge in [0.1, 0.15) is 19.4 Å². The van der Waals surface area contributed by atoms with E-state index in [1.165, 1.54) is 0 Å².